The first-order valence-electron chi connectivity index (χ1n) is 2.26. The molecule has 0 bridgehead atoms. The number of carbonyl (C=O) groups is 2. The molecule has 0 aliphatic rings. The molecule has 0 spiro atoms. The van der Waals surface area contributed by atoms with Crippen molar-refractivity contribution >= 4 is 11.9 Å². The summed E-state index contributed by atoms with van der Waals surface area (Å²) in [6, 6.07) is 0. The van der Waals surface area contributed by atoms with Crippen LogP contribution in [0.25, 0.3) is 0 Å². The Labute approximate surface area is 55.3 Å². The molecule has 6 nitrogen and oxygen atoms in total. The van der Waals surface area contributed by atoms with Gasteiger partial charge in [0.15, 0.2) is 0 Å². The van der Waals surface area contributed by atoms with Gasteiger partial charge in [0.05, 0.1) is 0 Å². The Bertz CT molecular complexity index is 159. The molecule has 0 saturated heterocycles. The summed E-state index contributed by atoms with van der Waals surface area (Å²) >= 11 is 0. The van der Waals surface area contributed by atoms with Crippen molar-refractivity contribution < 1.29 is 30.0 Å². The van der Waals surface area contributed by atoms with Crippen LogP contribution < -0.4 is 0 Å². The van der Waals surface area contributed by atoms with Crippen molar-refractivity contribution in [2.75, 3.05) is 0 Å². The van der Waals surface area contributed by atoms with Gasteiger partial charge in [0.25, 0.3) is 5.79 Å². The van der Waals surface area contributed by atoms with Crippen molar-refractivity contribution in [3.05, 3.63) is 0 Å². The number of carboxylic acid groups (broad SMARTS) is 2. The summed E-state index contributed by atoms with van der Waals surface area (Å²) in [6.45, 7) is 0. The minimum absolute atomic E-state index is 1.23. The maximum absolute atomic E-state index is 9.79. The molecule has 4 N–H and O–H groups in total. The van der Waals surface area contributed by atoms with Gasteiger partial charge in [-0.25, -0.2) is 4.79 Å². The Balaban J connectivity index is 4.13. The topological polar surface area (TPSA) is 115 Å². The molecule has 58 valence electrons. The number of hydrogen-bond acceptors (Lipinski definition) is 4. The lowest BCUT2D eigenvalue weighted by molar-refractivity contribution is -0.208. The van der Waals surface area contributed by atoms with E-state index in [1.165, 1.54) is 0 Å². The Hall–Kier alpha value is -1.14. The van der Waals surface area contributed by atoms with E-state index in [0.29, 0.717) is 0 Å². The zero-order chi connectivity index (χ0) is 8.36. The molecule has 6 heteroatoms. The molecular weight excluding hydrogens is 144 g/mol. The second-order valence-electron chi connectivity index (χ2n) is 1.69. The molecule has 0 rings (SSSR count). The fourth-order valence-electron chi connectivity index (χ4n) is 0.286. The molecule has 10 heavy (non-hydrogen) atoms. The summed E-state index contributed by atoms with van der Waals surface area (Å²) in [5, 5.41) is 32.5. The fourth-order valence-corrected chi connectivity index (χ4v) is 0.286. The van der Waals surface area contributed by atoms with Crippen molar-refractivity contribution in [3.63, 3.8) is 0 Å². The van der Waals surface area contributed by atoms with Crippen molar-refractivity contribution in [1.82, 2.24) is 0 Å². The van der Waals surface area contributed by atoms with Gasteiger partial charge < -0.3 is 20.4 Å². The van der Waals surface area contributed by atoms with Gasteiger partial charge in [0, 0.05) is 0 Å². The van der Waals surface area contributed by atoms with E-state index in [1.807, 2.05) is 0 Å². The average molecular weight is 150 g/mol. The van der Waals surface area contributed by atoms with Gasteiger partial charge >= 0.3 is 11.9 Å². The highest BCUT2D eigenvalue weighted by Gasteiger charge is 2.35. The van der Waals surface area contributed by atoms with E-state index in [9.17, 15) is 9.59 Å². The quantitative estimate of drug-likeness (QED) is 0.354. The maximum atomic E-state index is 9.79. The Morgan fingerprint density at radius 2 is 1.60 bits per heavy atom. The highest BCUT2D eigenvalue weighted by Crippen LogP contribution is 2.04. The highest BCUT2D eigenvalue weighted by molar-refractivity contribution is 5.81. The standard InChI is InChI=1S/C4H6O6/c5-2(6)1-4(9,10)3(7)8/h9-10H,1H2,(H,5,6)(H,7,8). The first-order valence-corrected chi connectivity index (χ1v) is 2.26. The summed E-state index contributed by atoms with van der Waals surface area (Å²) in [7, 11) is 0. The van der Waals surface area contributed by atoms with E-state index in [2.05, 4.69) is 0 Å². The number of rotatable bonds is 3. The van der Waals surface area contributed by atoms with Gasteiger partial charge in [0.2, 0.25) is 0 Å². The van der Waals surface area contributed by atoms with Crippen LogP contribution in [0.4, 0.5) is 0 Å². The smallest absolute Gasteiger partial charge is 0.364 e. The van der Waals surface area contributed by atoms with E-state index in [0.717, 1.165) is 0 Å². The molecule has 0 amide bonds. The van der Waals surface area contributed by atoms with Crippen LogP contribution in [0.5, 0.6) is 0 Å². The maximum Gasteiger partial charge on any atom is 0.364 e. The van der Waals surface area contributed by atoms with Crippen LogP contribution in [-0.4, -0.2) is 38.2 Å². The second-order valence-corrected chi connectivity index (χ2v) is 1.69. The predicted molar refractivity (Wildman–Crippen MR) is 27.1 cm³/mol. The fraction of sp³-hybridized carbons (Fsp3) is 0.500. The van der Waals surface area contributed by atoms with Crippen LogP contribution in [0.2, 0.25) is 0 Å². The number of carboxylic acids is 2. The SMILES string of the molecule is O=C(O)CC(O)(O)C(=O)O. The highest BCUT2D eigenvalue weighted by atomic mass is 16.5. The number of aliphatic hydroxyl groups is 2. The van der Waals surface area contributed by atoms with Crippen molar-refractivity contribution in [2.45, 2.75) is 12.2 Å². The first-order chi connectivity index (χ1) is 4.36. The van der Waals surface area contributed by atoms with Gasteiger partial charge in [0.1, 0.15) is 6.42 Å². The second kappa shape index (κ2) is 2.63. The molecule has 0 atom stereocenters. The van der Waals surface area contributed by atoms with Crippen molar-refractivity contribution in [1.29, 1.82) is 0 Å². The van der Waals surface area contributed by atoms with Crippen molar-refractivity contribution in [3.8, 4) is 0 Å². The van der Waals surface area contributed by atoms with Crippen LogP contribution in [0.15, 0.2) is 0 Å². The van der Waals surface area contributed by atoms with Crippen LogP contribution in [0.1, 0.15) is 6.42 Å². The third kappa shape index (κ3) is 2.42. The number of hydrogen-bond donors (Lipinski definition) is 4. The third-order valence-electron chi connectivity index (χ3n) is 0.740. The lowest BCUT2D eigenvalue weighted by atomic mass is 10.2. The monoisotopic (exact) mass is 150 g/mol. The Kier molecular flexibility index (Phi) is 2.33. The van der Waals surface area contributed by atoms with Crippen LogP contribution >= 0.6 is 0 Å². The van der Waals surface area contributed by atoms with Gasteiger partial charge in [-0.1, -0.05) is 0 Å². The van der Waals surface area contributed by atoms with E-state index >= 15 is 0 Å². The lowest BCUT2D eigenvalue weighted by Gasteiger charge is -2.12. The molecular formula is C4H6O6. The van der Waals surface area contributed by atoms with Gasteiger partial charge in [-0.05, 0) is 0 Å². The molecule has 0 aromatic heterocycles. The van der Waals surface area contributed by atoms with Crippen molar-refractivity contribution in [2.24, 2.45) is 0 Å². The summed E-state index contributed by atoms with van der Waals surface area (Å²) in [5.74, 6) is -6.73. The molecule has 0 aliphatic carbocycles. The zero-order valence-corrected chi connectivity index (χ0v) is 4.81. The summed E-state index contributed by atoms with van der Waals surface area (Å²) in [6.07, 6.45) is -1.23. The zero-order valence-electron chi connectivity index (χ0n) is 4.81. The molecule has 0 aromatic carbocycles. The third-order valence-corrected chi connectivity index (χ3v) is 0.740. The molecule has 0 heterocycles. The number of aliphatic carboxylic acids is 2. The van der Waals surface area contributed by atoms with E-state index in [4.69, 9.17) is 20.4 Å². The summed E-state index contributed by atoms with van der Waals surface area (Å²) in [5.41, 5.74) is 0. The van der Waals surface area contributed by atoms with E-state index in [1.54, 1.807) is 0 Å². The van der Waals surface area contributed by atoms with Gasteiger partial charge in [-0.2, -0.15) is 0 Å². The van der Waals surface area contributed by atoms with Crippen LogP contribution in [-0.2, 0) is 9.59 Å². The van der Waals surface area contributed by atoms with Gasteiger partial charge in [-0.15, -0.1) is 0 Å². The Morgan fingerprint density at radius 3 is 1.70 bits per heavy atom. The molecule has 0 fully saturated rings. The first kappa shape index (κ1) is 8.86. The molecule has 0 unspecified atom stereocenters. The molecule has 0 radical (unpaired) electrons. The predicted octanol–water partition coefficient (Wildman–Crippen LogP) is -1.77. The summed E-state index contributed by atoms with van der Waals surface area (Å²) in [4.78, 5) is 19.5. The normalized spacial score (nSPS) is 11.0. The largest absolute Gasteiger partial charge is 0.481 e. The molecule has 0 aromatic rings. The average Bonchev–Trinajstić information content (AvgIpc) is 1.60. The molecule has 0 aliphatic heterocycles. The van der Waals surface area contributed by atoms with Crippen LogP contribution in [0, 0.1) is 0 Å². The lowest BCUT2D eigenvalue weighted by Crippen LogP contribution is -2.40. The summed E-state index contributed by atoms with van der Waals surface area (Å²) < 4.78 is 0. The van der Waals surface area contributed by atoms with E-state index < -0.39 is 24.1 Å². The van der Waals surface area contributed by atoms with Crippen LogP contribution in [0.3, 0.4) is 0 Å². The molecule has 0 saturated carbocycles. The van der Waals surface area contributed by atoms with Gasteiger partial charge in [-0.3, -0.25) is 4.79 Å². The van der Waals surface area contributed by atoms with E-state index in [-0.39, 0.29) is 0 Å². The minimum atomic E-state index is -3.16. The minimum Gasteiger partial charge on any atom is -0.481 e. The Morgan fingerprint density at radius 1 is 1.20 bits per heavy atom.